The summed E-state index contributed by atoms with van der Waals surface area (Å²) < 4.78 is 39.0. The topological polar surface area (TPSA) is 45.4 Å². The van der Waals surface area contributed by atoms with Crippen LogP contribution in [0.15, 0.2) is 24.3 Å². The lowest BCUT2D eigenvalue weighted by atomic mass is 10.2. The minimum Gasteiger partial charge on any atom is -0.494 e. The second-order valence-electron chi connectivity index (χ2n) is 3.98. The van der Waals surface area contributed by atoms with Crippen molar-refractivity contribution in [2.45, 2.75) is 11.5 Å². The minimum atomic E-state index is -4.55. The fraction of sp³-hybridized carbons (Fsp3) is 0.167. The molecule has 0 saturated carbocycles. The Bertz CT molecular complexity index is 655. The molecule has 0 atom stereocenters. The lowest BCUT2D eigenvalue weighted by Crippen LogP contribution is -2.06. The molecule has 3 nitrogen and oxygen atoms in total. The average molecular weight is 371 g/mol. The van der Waals surface area contributed by atoms with Crippen molar-refractivity contribution in [1.29, 1.82) is 0 Å². The Morgan fingerprint density at radius 1 is 1.20 bits per heavy atom. The predicted molar refractivity (Wildman–Crippen MR) is 71.7 cm³/mol. The first kappa shape index (κ1) is 15.1. The normalized spacial score (nSPS) is 11.8. The van der Waals surface area contributed by atoms with Crippen LogP contribution in [-0.4, -0.2) is 14.8 Å². The van der Waals surface area contributed by atoms with Crippen molar-refractivity contribution in [2.24, 2.45) is 0 Å². The summed E-state index contributed by atoms with van der Waals surface area (Å²) in [4.78, 5) is 0. The van der Waals surface area contributed by atoms with E-state index in [0.29, 0.717) is 5.56 Å². The molecule has 0 aliphatic carbocycles. The molecule has 0 fully saturated rings. The zero-order chi connectivity index (χ0) is 15.1. The highest BCUT2D eigenvalue weighted by Crippen LogP contribution is 2.38. The van der Waals surface area contributed by atoms with Gasteiger partial charge in [0.05, 0.1) is 16.3 Å². The van der Waals surface area contributed by atoms with Crippen LogP contribution in [0.5, 0.6) is 11.8 Å². The van der Waals surface area contributed by atoms with Gasteiger partial charge < -0.3 is 10.2 Å². The first-order valence-electron chi connectivity index (χ1n) is 5.31. The third-order valence-corrected chi connectivity index (χ3v) is 3.61. The summed E-state index contributed by atoms with van der Waals surface area (Å²) in [5, 5.41) is 19.9. The van der Waals surface area contributed by atoms with Gasteiger partial charge in [0.2, 0.25) is 5.88 Å². The Morgan fingerprint density at radius 2 is 1.85 bits per heavy atom. The lowest BCUT2D eigenvalue weighted by Gasteiger charge is -2.13. The van der Waals surface area contributed by atoms with Crippen LogP contribution < -0.4 is 0 Å². The maximum absolute atomic E-state index is 12.7. The van der Waals surface area contributed by atoms with Crippen LogP contribution in [0.1, 0.15) is 11.1 Å². The Hall–Kier alpha value is -1.34. The molecule has 0 amide bonds. The lowest BCUT2D eigenvalue weighted by molar-refractivity contribution is -0.137. The summed E-state index contributed by atoms with van der Waals surface area (Å²) in [5.74, 6) is -0.779. The van der Waals surface area contributed by atoms with E-state index in [9.17, 15) is 23.4 Å². The monoisotopic (exact) mass is 369 g/mol. The smallest absolute Gasteiger partial charge is 0.416 e. The maximum atomic E-state index is 12.7. The number of aromatic hydroxyl groups is 2. The molecule has 0 aliphatic rings. The Labute approximate surface area is 125 Å². The van der Waals surface area contributed by atoms with Gasteiger partial charge in [0.25, 0.3) is 0 Å². The summed E-state index contributed by atoms with van der Waals surface area (Å²) in [6.45, 7) is 0. The second kappa shape index (κ2) is 5.21. The zero-order valence-electron chi connectivity index (χ0n) is 9.75. The molecule has 1 heterocycles. The van der Waals surface area contributed by atoms with Crippen molar-refractivity contribution in [1.82, 2.24) is 4.57 Å². The molecule has 0 spiro atoms. The van der Waals surface area contributed by atoms with Gasteiger partial charge in [0.1, 0.15) is 0 Å². The van der Waals surface area contributed by atoms with Crippen molar-refractivity contribution < 1.29 is 23.4 Å². The summed E-state index contributed by atoms with van der Waals surface area (Å²) in [6.07, 6.45) is -4.55. The highest BCUT2D eigenvalue weighted by molar-refractivity contribution is 9.08. The van der Waals surface area contributed by atoms with Crippen LogP contribution in [0.25, 0.3) is 5.69 Å². The fourth-order valence-corrected chi connectivity index (χ4v) is 2.35. The van der Waals surface area contributed by atoms with Gasteiger partial charge in [-0.1, -0.05) is 27.5 Å². The largest absolute Gasteiger partial charge is 0.494 e. The predicted octanol–water partition coefficient (Wildman–Crippen LogP) is 4.46. The van der Waals surface area contributed by atoms with E-state index in [1.165, 1.54) is 6.07 Å². The van der Waals surface area contributed by atoms with Gasteiger partial charge in [-0.05, 0) is 18.2 Å². The molecular formula is C12H8BrClF3NO2. The van der Waals surface area contributed by atoms with Gasteiger partial charge in [-0.15, -0.1) is 0 Å². The van der Waals surface area contributed by atoms with Crippen LogP contribution >= 0.6 is 27.5 Å². The Morgan fingerprint density at radius 3 is 2.35 bits per heavy atom. The second-order valence-corrected chi connectivity index (χ2v) is 4.95. The third-order valence-electron chi connectivity index (χ3n) is 2.69. The summed E-state index contributed by atoms with van der Waals surface area (Å²) in [6, 6.07) is 3.89. The average Bonchev–Trinajstić information content (AvgIpc) is 2.64. The first-order valence-corrected chi connectivity index (χ1v) is 6.81. The number of hydrogen-bond donors (Lipinski definition) is 2. The third kappa shape index (κ3) is 2.60. The van der Waals surface area contributed by atoms with Gasteiger partial charge in [0, 0.05) is 17.0 Å². The Balaban J connectivity index is 2.67. The standard InChI is InChI=1S/C12H8BrClF3NO2/c13-5-6-3-10(19)18(11(6)20)9-4-7(12(15,16)17)1-2-8(9)14/h1-4,19-20H,5H2. The van der Waals surface area contributed by atoms with Crippen molar-refractivity contribution in [3.63, 3.8) is 0 Å². The van der Waals surface area contributed by atoms with Gasteiger partial charge in [-0.25, -0.2) is 4.57 Å². The highest BCUT2D eigenvalue weighted by atomic mass is 79.9. The van der Waals surface area contributed by atoms with Gasteiger partial charge >= 0.3 is 6.18 Å². The number of nitrogens with zero attached hydrogens (tertiary/aromatic N) is 1. The molecule has 8 heteroatoms. The van der Waals surface area contributed by atoms with E-state index in [1.807, 2.05) is 0 Å². The van der Waals surface area contributed by atoms with E-state index in [2.05, 4.69) is 15.9 Å². The number of hydrogen-bond acceptors (Lipinski definition) is 2. The molecule has 2 aromatic rings. The molecule has 0 aliphatic heterocycles. The molecule has 1 aromatic heterocycles. The number of benzene rings is 1. The number of rotatable bonds is 2. The molecule has 2 rings (SSSR count). The molecule has 2 N–H and O–H groups in total. The SMILES string of the molecule is Oc1cc(CBr)c(O)n1-c1cc(C(F)(F)F)ccc1Cl. The quantitative estimate of drug-likeness (QED) is 0.767. The van der Waals surface area contributed by atoms with E-state index in [-0.39, 0.29) is 21.9 Å². The van der Waals surface area contributed by atoms with Crippen molar-refractivity contribution in [3.05, 3.63) is 40.4 Å². The zero-order valence-corrected chi connectivity index (χ0v) is 12.1. The molecule has 20 heavy (non-hydrogen) atoms. The highest BCUT2D eigenvalue weighted by Gasteiger charge is 2.31. The van der Waals surface area contributed by atoms with E-state index in [0.717, 1.165) is 22.8 Å². The minimum absolute atomic E-state index is 0.0275. The molecule has 108 valence electrons. The van der Waals surface area contributed by atoms with Crippen molar-refractivity contribution >= 4 is 27.5 Å². The summed E-state index contributed by atoms with van der Waals surface area (Å²) in [5.41, 5.74) is -0.746. The van der Waals surface area contributed by atoms with Gasteiger partial charge in [0.15, 0.2) is 5.88 Å². The van der Waals surface area contributed by atoms with E-state index in [1.54, 1.807) is 0 Å². The van der Waals surface area contributed by atoms with Crippen LogP contribution in [0.4, 0.5) is 13.2 Å². The van der Waals surface area contributed by atoms with Gasteiger partial charge in [-0.3, -0.25) is 0 Å². The summed E-state index contributed by atoms with van der Waals surface area (Å²) in [7, 11) is 0. The van der Waals surface area contributed by atoms with E-state index < -0.39 is 17.6 Å². The number of aromatic nitrogens is 1. The Kier molecular flexibility index (Phi) is 3.93. The van der Waals surface area contributed by atoms with Crippen LogP contribution in [0, 0.1) is 0 Å². The molecule has 1 aromatic carbocycles. The first-order chi connectivity index (χ1) is 9.25. The fourth-order valence-electron chi connectivity index (χ4n) is 1.73. The summed E-state index contributed by atoms with van der Waals surface area (Å²) >= 11 is 8.95. The van der Waals surface area contributed by atoms with Crippen LogP contribution in [0.3, 0.4) is 0 Å². The van der Waals surface area contributed by atoms with Crippen molar-refractivity contribution in [2.75, 3.05) is 0 Å². The maximum Gasteiger partial charge on any atom is 0.416 e. The molecule has 0 unspecified atom stereocenters. The number of halogens is 5. The molecule has 0 radical (unpaired) electrons. The molecular weight excluding hydrogens is 362 g/mol. The number of alkyl halides is 4. The van der Waals surface area contributed by atoms with Gasteiger partial charge in [-0.2, -0.15) is 13.2 Å². The van der Waals surface area contributed by atoms with Crippen molar-refractivity contribution in [3.8, 4) is 17.4 Å². The van der Waals surface area contributed by atoms with E-state index in [4.69, 9.17) is 11.6 Å². The molecule has 0 bridgehead atoms. The van der Waals surface area contributed by atoms with Crippen LogP contribution in [-0.2, 0) is 11.5 Å². The molecule has 0 saturated heterocycles. The van der Waals surface area contributed by atoms with Crippen LogP contribution in [0.2, 0.25) is 5.02 Å². The van der Waals surface area contributed by atoms with E-state index >= 15 is 0 Å².